The smallest absolute Gasteiger partial charge is 0.194 e. The maximum absolute atomic E-state index is 13.8. The van der Waals surface area contributed by atoms with Crippen LogP contribution >= 0.6 is 0 Å². The van der Waals surface area contributed by atoms with Gasteiger partial charge in [0.05, 0.1) is 11.7 Å². The number of ether oxygens (including phenoxy) is 1. The van der Waals surface area contributed by atoms with Gasteiger partial charge in [-0.25, -0.2) is 8.78 Å². The number of halogens is 2. The number of Topliss-reactive ketones (excluding diaryl/α,β-unsaturated/α-hetero) is 1. The molecule has 0 bridgehead atoms. The van der Waals surface area contributed by atoms with Gasteiger partial charge >= 0.3 is 0 Å². The van der Waals surface area contributed by atoms with Crippen molar-refractivity contribution in [2.45, 2.75) is 25.9 Å². The average molecular weight is 269 g/mol. The lowest BCUT2D eigenvalue weighted by Gasteiger charge is -2.22. The molecule has 3 nitrogen and oxygen atoms in total. The predicted octanol–water partition coefficient (Wildman–Crippen LogP) is 2.22. The van der Waals surface area contributed by atoms with E-state index in [0.717, 1.165) is 32.0 Å². The second kappa shape index (κ2) is 6.21. The zero-order chi connectivity index (χ0) is 13.8. The summed E-state index contributed by atoms with van der Waals surface area (Å²) >= 11 is 0. The fraction of sp³-hybridized carbons (Fsp3) is 0.500. The molecule has 1 fully saturated rings. The molecule has 0 atom stereocenters. The molecule has 1 heterocycles. The topological polar surface area (TPSA) is 38.3 Å². The third-order valence-corrected chi connectivity index (χ3v) is 3.30. The van der Waals surface area contributed by atoms with Gasteiger partial charge < -0.3 is 10.1 Å². The summed E-state index contributed by atoms with van der Waals surface area (Å²) in [7, 11) is 0. The van der Waals surface area contributed by atoms with Crippen molar-refractivity contribution < 1.29 is 18.3 Å². The Hall–Kier alpha value is -1.33. The molecule has 0 radical (unpaired) electrons. The first-order valence-electron chi connectivity index (χ1n) is 6.39. The van der Waals surface area contributed by atoms with Gasteiger partial charge in [-0.2, -0.15) is 0 Å². The molecule has 1 aliphatic heterocycles. The highest BCUT2D eigenvalue weighted by Crippen LogP contribution is 2.17. The van der Waals surface area contributed by atoms with Crippen LogP contribution in [0.25, 0.3) is 0 Å². The average Bonchev–Trinajstić information content (AvgIpc) is 2.42. The summed E-state index contributed by atoms with van der Waals surface area (Å²) in [6, 6.07) is 2.42. The van der Waals surface area contributed by atoms with Crippen LogP contribution in [0.15, 0.2) is 12.1 Å². The Balaban J connectivity index is 2.01. The number of piperidine rings is 1. The number of nitrogens with one attached hydrogen (secondary N) is 1. The van der Waals surface area contributed by atoms with Gasteiger partial charge in [-0.3, -0.25) is 4.79 Å². The number of hydrogen-bond donors (Lipinski definition) is 1. The highest BCUT2D eigenvalue weighted by molar-refractivity contribution is 5.97. The summed E-state index contributed by atoms with van der Waals surface area (Å²) in [6.07, 6.45) is 1.61. The van der Waals surface area contributed by atoms with Crippen LogP contribution in [-0.2, 0) is 4.74 Å². The second-order valence-corrected chi connectivity index (χ2v) is 4.74. The van der Waals surface area contributed by atoms with E-state index < -0.39 is 23.0 Å². The summed E-state index contributed by atoms with van der Waals surface area (Å²) in [4.78, 5) is 11.9. The largest absolute Gasteiger partial charge is 0.370 e. The van der Waals surface area contributed by atoms with Crippen molar-refractivity contribution in [1.29, 1.82) is 0 Å². The molecule has 2 rings (SSSR count). The van der Waals surface area contributed by atoms with Gasteiger partial charge in [0, 0.05) is 0 Å². The lowest BCUT2D eigenvalue weighted by Crippen LogP contribution is -2.33. The third kappa shape index (κ3) is 3.36. The van der Waals surface area contributed by atoms with E-state index in [1.165, 1.54) is 13.0 Å². The number of hydrogen-bond acceptors (Lipinski definition) is 3. The van der Waals surface area contributed by atoms with Crippen LogP contribution in [0.4, 0.5) is 8.78 Å². The van der Waals surface area contributed by atoms with E-state index in [-0.39, 0.29) is 18.3 Å². The van der Waals surface area contributed by atoms with E-state index >= 15 is 0 Å². The molecule has 1 aromatic carbocycles. The van der Waals surface area contributed by atoms with Gasteiger partial charge in [0.25, 0.3) is 0 Å². The normalized spacial score (nSPS) is 16.6. The van der Waals surface area contributed by atoms with Crippen molar-refractivity contribution in [3.05, 3.63) is 34.9 Å². The first-order chi connectivity index (χ1) is 9.09. The molecule has 1 N–H and O–H groups in total. The summed E-state index contributed by atoms with van der Waals surface area (Å²) < 4.78 is 32.7. The first-order valence-corrected chi connectivity index (χ1v) is 6.39. The van der Waals surface area contributed by atoms with E-state index in [9.17, 15) is 13.6 Å². The molecule has 0 unspecified atom stereocenters. The Morgan fingerprint density at radius 2 is 2.05 bits per heavy atom. The molecule has 1 aliphatic rings. The van der Waals surface area contributed by atoms with Crippen LogP contribution in [0.1, 0.15) is 28.8 Å². The van der Waals surface area contributed by atoms with Crippen molar-refractivity contribution in [3.63, 3.8) is 0 Å². The van der Waals surface area contributed by atoms with Gasteiger partial charge in [-0.1, -0.05) is 6.07 Å². The molecule has 5 heteroatoms. The van der Waals surface area contributed by atoms with Crippen molar-refractivity contribution >= 4 is 5.78 Å². The van der Waals surface area contributed by atoms with Crippen molar-refractivity contribution in [3.8, 4) is 0 Å². The lowest BCUT2D eigenvalue weighted by molar-refractivity contribution is 0.0313. The van der Waals surface area contributed by atoms with Crippen molar-refractivity contribution in [2.75, 3.05) is 19.7 Å². The Bertz CT molecular complexity index is 471. The third-order valence-electron chi connectivity index (χ3n) is 3.30. The van der Waals surface area contributed by atoms with Crippen molar-refractivity contribution in [1.82, 2.24) is 5.32 Å². The maximum Gasteiger partial charge on any atom is 0.194 e. The summed E-state index contributed by atoms with van der Waals surface area (Å²) in [5.41, 5.74) is -0.236. The predicted molar refractivity (Wildman–Crippen MR) is 67.3 cm³/mol. The van der Waals surface area contributed by atoms with Gasteiger partial charge in [-0.15, -0.1) is 0 Å². The number of aryl methyl sites for hydroxylation is 1. The summed E-state index contributed by atoms with van der Waals surface area (Å²) in [5, 5.41) is 3.17. The zero-order valence-electron chi connectivity index (χ0n) is 10.8. The summed E-state index contributed by atoms with van der Waals surface area (Å²) in [6.45, 7) is 2.90. The van der Waals surface area contributed by atoms with E-state index in [1.807, 2.05) is 0 Å². The molecule has 1 saturated heterocycles. The van der Waals surface area contributed by atoms with Crippen LogP contribution in [0.5, 0.6) is 0 Å². The van der Waals surface area contributed by atoms with Gasteiger partial charge in [0.1, 0.15) is 18.2 Å². The van der Waals surface area contributed by atoms with Crippen LogP contribution < -0.4 is 5.32 Å². The standard InChI is InChI=1S/C14H17F2NO2/c1-9-2-3-11(15)13(14(9)16)12(18)8-19-10-4-6-17-7-5-10/h2-3,10,17H,4-8H2,1H3. The minimum Gasteiger partial charge on any atom is -0.370 e. The van der Waals surface area contributed by atoms with Crippen molar-refractivity contribution in [2.24, 2.45) is 0 Å². The van der Waals surface area contributed by atoms with Crippen LogP contribution in [0.2, 0.25) is 0 Å². The number of carbonyl (C=O) groups excluding carboxylic acids is 1. The maximum atomic E-state index is 13.8. The quantitative estimate of drug-likeness (QED) is 0.852. The Morgan fingerprint density at radius 1 is 1.37 bits per heavy atom. The monoisotopic (exact) mass is 269 g/mol. The highest BCUT2D eigenvalue weighted by Gasteiger charge is 2.21. The number of benzene rings is 1. The fourth-order valence-electron chi connectivity index (χ4n) is 2.14. The van der Waals surface area contributed by atoms with Gasteiger partial charge in [0.15, 0.2) is 5.78 Å². The van der Waals surface area contributed by atoms with Gasteiger partial charge in [-0.05, 0) is 44.5 Å². The number of ketones is 1. The SMILES string of the molecule is Cc1ccc(F)c(C(=O)COC2CCNCC2)c1F. The molecular formula is C14H17F2NO2. The molecule has 0 saturated carbocycles. The lowest BCUT2D eigenvalue weighted by atomic mass is 10.1. The van der Waals surface area contributed by atoms with Crippen LogP contribution in [0, 0.1) is 18.6 Å². The molecule has 19 heavy (non-hydrogen) atoms. The zero-order valence-corrected chi connectivity index (χ0v) is 10.8. The van der Waals surface area contributed by atoms with E-state index in [2.05, 4.69) is 5.32 Å². The Kier molecular flexibility index (Phi) is 4.61. The van der Waals surface area contributed by atoms with Crippen LogP contribution in [0.3, 0.4) is 0 Å². The van der Waals surface area contributed by atoms with Crippen LogP contribution in [-0.4, -0.2) is 31.6 Å². The molecular weight excluding hydrogens is 252 g/mol. The molecule has 0 spiro atoms. The minimum absolute atomic E-state index is 0.0128. The second-order valence-electron chi connectivity index (χ2n) is 4.74. The fourth-order valence-corrected chi connectivity index (χ4v) is 2.14. The minimum atomic E-state index is -0.831. The molecule has 0 aliphatic carbocycles. The Labute approximate surface area is 111 Å². The highest BCUT2D eigenvalue weighted by atomic mass is 19.1. The molecule has 104 valence electrons. The number of rotatable bonds is 4. The number of carbonyl (C=O) groups is 1. The Morgan fingerprint density at radius 3 is 2.74 bits per heavy atom. The molecule has 0 amide bonds. The summed E-state index contributed by atoms with van der Waals surface area (Å²) in [5.74, 6) is -2.27. The van der Waals surface area contributed by atoms with Gasteiger partial charge in [0.2, 0.25) is 0 Å². The van der Waals surface area contributed by atoms with E-state index in [0.29, 0.717) is 0 Å². The van der Waals surface area contributed by atoms with E-state index in [1.54, 1.807) is 0 Å². The first kappa shape index (κ1) is 14.1. The van der Waals surface area contributed by atoms with E-state index in [4.69, 9.17) is 4.74 Å². The molecule has 1 aromatic rings. The molecule has 0 aromatic heterocycles.